The van der Waals surface area contributed by atoms with Crippen LogP contribution in [0.4, 0.5) is 0 Å². The summed E-state index contributed by atoms with van der Waals surface area (Å²) >= 11 is 9.61. The predicted molar refractivity (Wildman–Crippen MR) is 77.2 cm³/mol. The Kier molecular flexibility index (Phi) is 4.72. The van der Waals surface area contributed by atoms with Gasteiger partial charge < -0.3 is 0 Å². The van der Waals surface area contributed by atoms with Gasteiger partial charge in [0.25, 0.3) is 0 Å². The molecule has 1 aromatic heterocycles. The van der Waals surface area contributed by atoms with Gasteiger partial charge in [-0.15, -0.1) is 0 Å². The first-order valence-corrected chi connectivity index (χ1v) is 6.69. The van der Waals surface area contributed by atoms with Crippen molar-refractivity contribution in [2.75, 3.05) is 0 Å². The van der Waals surface area contributed by atoms with Crippen LogP contribution in [-0.2, 0) is 6.42 Å². The highest BCUT2D eigenvalue weighted by Gasteiger charge is 2.14. The van der Waals surface area contributed by atoms with Crippen molar-refractivity contribution in [1.29, 1.82) is 0 Å². The van der Waals surface area contributed by atoms with Crippen molar-refractivity contribution in [1.82, 2.24) is 10.4 Å². The smallest absolute Gasteiger partial charge is 0.0530 e. The number of halogens is 2. The largest absolute Gasteiger partial charge is 0.271 e. The van der Waals surface area contributed by atoms with Gasteiger partial charge in [0.15, 0.2) is 0 Å². The Morgan fingerprint density at radius 3 is 2.78 bits per heavy atom. The van der Waals surface area contributed by atoms with Crippen LogP contribution in [0.5, 0.6) is 0 Å². The fourth-order valence-corrected chi connectivity index (χ4v) is 2.58. The van der Waals surface area contributed by atoms with Crippen LogP contribution >= 0.6 is 27.5 Å². The molecule has 0 fully saturated rings. The lowest BCUT2D eigenvalue weighted by Gasteiger charge is -2.17. The van der Waals surface area contributed by atoms with Crippen LogP contribution in [-0.4, -0.2) is 4.98 Å². The summed E-state index contributed by atoms with van der Waals surface area (Å²) in [6.07, 6.45) is 2.46. The predicted octanol–water partition coefficient (Wildman–Crippen LogP) is 3.24. The van der Waals surface area contributed by atoms with E-state index in [4.69, 9.17) is 17.4 Å². The first kappa shape index (κ1) is 13.5. The van der Waals surface area contributed by atoms with Crippen LogP contribution in [0.1, 0.15) is 17.3 Å². The fraction of sp³-hybridized carbons (Fsp3) is 0.154. The molecule has 0 amide bonds. The number of nitrogens with zero attached hydrogens (tertiary/aromatic N) is 1. The third-order valence-electron chi connectivity index (χ3n) is 2.68. The molecular weight excluding hydrogens is 314 g/mol. The molecule has 0 saturated carbocycles. The summed E-state index contributed by atoms with van der Waals surface area (Å²) in [6.45, 7) is 0. The van der Waals surface area contributed by atoms with Gasteiger partial charge in [-0.25, -0.2) is 0 Å². The zero-order valence-corrected chi connectivity index (χ0v) is 11.9. The summed E-state index contributed by atoms with van der Waals surface area (Å²) in [7, 11) is 0. The zero-order chi connectivity index (χ0) is 13.0. The first-order chi connectivity index (χ1) is 8.70. The molecule has 1 heterocycles. The van der Waals surface area contributed by atoms with Crippen molar-refractivity contribution in [2.45, 2.75) is 12.5 Å². The molecule has 0 bridgehead atoms. The second kappa shape index (κ2) is 6.29. The maximum atomic E-state index is 6.22. The summed E-state index contributed by atoms with van der Waals surface area (Å²) < 4.78 is 0.949. The number of benzene rings is 1. The fourth-order valence-electron chi connectivity index (χ4n) is 1.77. The van der Waals surface area contributed by atoms with E-state index in [0.717, 1.165) is 15.7 Å². The molecule has 1 aromatic carbocycles. The summed E-state index contributed by atoms with van der Waals surface area (Å²) in [5, 5.41) is 0.684. The Morgan fingerprint density at radius 1 is 1.33 bits per heavy atom. The Bertz CT molecular complexity index is 519. The molecule has 5 heteroatoms. The molecule has 3 N–H and O–H groups in total. The average molecular weight is 327 g/mol. The zero-order valence-electron chi connectivity index (χ0n) is 9.61. The van der Waals surface area contributed by atoms with Crippen LogP contribution in [0.15, 0.2) is 47.1 Å². The number of nitrogens with two attached hydrogens (primary N) is 1. The van der Waals surface area contributed by atoms with E-state index < -0.39 is 0 Å². The van der Waals surface area contributed by atoms with E-state index in [0.29, 0.717) is 11.4 Å². The molecular formula is C13H13BrClN3. The highest BCUT2D eigenvalue weighted by atomic mass is 79.9. The van der Waals surface area contributed by atoms with Crippen molar-refractivity contribution >= 4 is 27.5 Å². The van der Waals surface area contributed by atoms with E-state index >= 15 is 0 Å². The molecule has 0 aliphatic heterocycles. The first-order valence-electron chi connectivity index (χ1n) is 5.51. The molecule has 18 heavy (non-hydrogen) atoms. The molecule has 1 unspecified atom stereocenters. The second-order valence-corrected chi connectivity index (χ2v) is 5.23. The normalized spacial score (nSPS) is 12.4. The number of hydrogen-bond donors (Lipinski definition) is 2. The molecule has 3 nitrogen and oxygen atoms in total. The number of aromatic nitrogens is 1. The van der Waals surface area contributed by atoms with Gasteiger partial charge in [0.05, 0.1) is 6.04 Å². The van der Waals surface area contributed by atoms with Gasteiger partial charge in [-0.05, 0) is 29.8 Å². The number of hydrazine groups is 1. The van der Waals surface area contributed by atoms with Crippen molar-refractivity contribution < 1.29 is 0 Å². The Morgan fingerprint density at radius 2 is 2.17 bits per heavy atom. The number of nitrogens with one attached hydrogen (secondary N) is 1. The van der Waals surface area contributed by atoms with E-state index in [1.165, 1.54) is 0 Å². The standard InChI is InChI=1S/C13H13BrClN3/c14-9-4-5-11(12(15)7-9)13(18-16)8-10-3-1-2-6-17-10/h1-7,13,18H,8,16H2. The third kappa shape index (κ3) is 3.29. The number of pyridine rings is 1. The minimum Gasteiger partial charge on any atom is -0.271 e. The Labute approximate surface area is 119 Å². The average Bonchev–Trinajstić information content (AvgIpc) is 2.38. The van der Waals surface area contributed by atoms with Crippen molar-refractivity contribution in [2.24, 2.45) is 5.84 Å². The Hall–Kier alpha value is -0.940. The minimum absolute atomic E-state index is 0.0551. The van der Waals surface area contributed by atoms with Gasteiger partial charge >= 0.3 is 0 Å². The topological polar surface area (TPSA) is 50.9 Å². The summed E-state index contributed by atoms with van der Waals surface area (Å²) in [5.41, 5.74) is 4.72. The molecule has 0 spiro atoms. The minimum atomic E-state index is -0.0551. The number of hydrogen-bond acceptors (Lipinski definition) is 3. The van der Waals surface area contributed by atoms with Crippen LogP contribution in [0.2, 0.25) is 5.02 Å². The monoisotopic (exact) mass is 325 g/mol. The van der Waals surface area contributed by atoms with Gasteiger partial charge in [0, 0.05) is 27.8 Å². The highest BCUT2D eigenvalue weighted by molar-refractivity contribution is 9.10. The summed E-state index contributed by atoms with van der Waals surface area (Å²) in [6, 6.07) is 11.5. The lowest BCUT2D eigenvalue weighted by molar-refractivity contribution is 0.546. The van der Waals surface area contributed by atoms with Crippen LogP contribution in [0.3, 0.4) is 0 Å². The van der Waals surface area contributed by atoms with Crippen LogP contribution < -0.4 is 11.3 Å². The second-order valence-electron chi connectivity index (χ2n) is 3.91. The van der Waals surface area contributed by atoms with Gasteiger partial charge in [-0.3, -0.25) is 16.3 Å². The van der Waals surface area contributed by atoms with E-state index in [1.54, 1.807) is 6.20 Å². The summed E-state index contributed by atoms with van der Waals surface area (Å²) in [5.74, 6) is 5.61. The van der Waals surface area contributed by atoms with Gasteiger partial charge in [-0.2, -0.15) is 0 Å². The Balaban J connectivity index is 2.23. The molecule has 0 radical (unpaired) electrons. The summed E-state index contributed by atoms with van der Waals surface area (Å²) in [4.78, 5) is 4.29. The SMILES string of the molecule is NNC(Cc1ccccn1)c1ccc(Br)cc1Cl. The van der Waals surface area contributed by atoms with E-state index in [-0.39, 0.29) is 6.04 Å². The molecule has 94 valence electrons. The molecule has 0 saturated heterocycles. The lowest BCUT2D eigenvalue weighted by atomic mass is 10.0. The molecule has 0 aliphatic carbocycles. The van der Waals surface area contributed by atoms with Gasteiger partial charge in [-0.1, -0.05) is 39.7 Å². The highest BCUT2D eigenvalue weighted by Crippen LogP contribution is 2.27. The van der Waals surface area contributed by atoms with Crippen LogP contribution in [0.25, 0.3) is 0 Å². The quantitative estimate of drug-likeness (QED) is 0.670. The maximum absolute atomic E-state index is 6.22. The van der Waals surface area contributed by atoms with E-state index in [1.807, 2.05) is 36.4 Å². The number of rotatable bonds is 4. The van der Waals surface area contributed by atoms with Crippen molar-refractivity contribution in [3.05, 3.63) is 63.3 Å². The molecule has 2 aromatic rings. The molecule has 1 atom stereocenters. The van der Waals surface area contributed by atoms with E-state index in [2.05, 4.69) is 26.3 Å². The third-order valence-corrected chi connectivity index (χ3v) is 3.50. The lowest BCUT2D eigenvalue weighted by Crippen LogP contribution is -2.30. The molecule has 2 rings (SSSR count). The maximum Gasteiger partial charge on any atom is 0.0530 e. The van der Waals surface area contributed by atoms with Crippen molar-refractivity contribution in [3.8, 4) is 0 Å². The van der Waals surface area contributed by atoms with Crippen LogP contribution in [0, 0.1) is 0 Å². The van der Waals surface area contributed by atoms with E-state index in [9.17, 15) is 0 Å². The molecule has 0 aliphatic rings. The van der Waals surface area contributed by atoms with Gasteiger partial charge in [0.1, 0.15) is 0 Å². The van der Waals surface area contributed by atoms with Crippen molar-refractivity contribution in [3.63, 3.8) is 0 Å². The van der Waals surface area contributed by atoms with Gasteiger partial charge in [0.2, 0.25) is 0 Å².